The number of para-hydroxylation sites is 1. The topological polar surface area (TPSA) is 145 Å². The van der Waals surface area contributed by atoms with Gasteiger partial charge in [-0.2, -0.15) is 0 Å². The van der Waals surface area contributed by atoms with Gasteiger partial charge in [0, 0.05) is 0 Å². The molecule has 5 N–H and O–H groups in total. The molecule has 0 aliphatic rings. The van der Waals surface area contributed by atoms with Crippen molar-refractivity contribution in [1.82, 2.24) is 0 Å². The van der Waals surface area contributed by atoms with Crippen LogP contribution >= 0.6 is 15.6 Å². The molecule has 0 bridgehead atoms. The van der Waals surface area contributed by atoms with E-state index in [1.807, 2.05) is 0 Å². The van der Waals surface area contributed by atoms with Crippen LogP contribution in [0.3, 0.4) is 0 Å². The second-order valence-electron chi connectivity index (χ2n) is 2.41. The van der Waals surface area contributed by atoms with Crippen molar-refractivity contribution >= 4 is 15.6 Å². The van der Waals surface area contributed by atoms with E-state index in [1.54, 1.807) is 18.2 Å². The Kier molecular flexibility index (Phi) is 5.85. The Balaban J connectivity index is 0.000000385. The van der Waals surface area contributed by atoms with Gasteiger partial charge in [0.25, 0.3) is 0 Å². The van der Waals surface area contributed by atoms with Gasteiger partial charge in [0.2, 0.25) is 0 Å². The zero-order chi connectivity index (χ0) is 12.8. The summed E-state index contributed by atoms with van der Waals surface area (Å²) in [6, 6.07) is 7.93. The van der Waals surface area contributed by atoms with Crippen molar-refractivity contribution in [1.29, 1.82) is 0 Å². The number of hydrogen-bond donors (Lipinski definition) is 5. The minimum absolute atomic E-state index is 0.167. The van der Waals surface area contributed by atoms with Gasteiger partial charge >= 0.3 is 15.6 Å². The number of phosphoric ester groups is 1. The van der Waals surface area contributed by atoms with Crippen molar-refractivity contribution in [2.75, 3.05) is 0 Å². The molecule has 0 fully saturated rings. The SMILES string of the molecule is O=P(O)(O)O.O=P(O)(O)Oc1ccccc1. The van der Waals surface area contributed by atoms with E-state index in [0.717, 1.165) is 0 Å². The van der Waals surface area contributed by atoms with Crippen molar-refractivity contribution in [3.8, 4) is 5.75 Å². The van der Waals surface area contributed by atoms with Crippen LogP contribution in [0.1, 0.15) is 0 Å². The fourth-order valence-corrected chi connectivity index (χ4v) is 1.02. The maximum atomic E-state index is 10.3. The minimum Gasteiger partial charge on any atom is -0.404 e. The maximum absolute atomic E-state index is 10.3. The molecule has 0 spiro atoms. The van der Waals surface area contributed by atoms with Gasteiger partial charge in [-0.15, -0.1) is 0 Å². The van der Waals surface area contributed by atoms with Crippen LogP contribution < -0.4 is 4.52 Å². The molecule has 8 nitrogen and oxygen atoms in total. The second kappa shape index (κ2) is 6.12. The lowest BCUT2D eigenvalue weighted by Gasteiger charge is -2.04. The van der Waals surface area contributed by atoms with Crippen LogP contribution in [-0.4, -0.2) is 24.5 Å². The highest BCUT2D eigenvalue weighted by molar-refractivity contribution is 7.46. The Labute approximate surface area is 90.6 Å². The molecule has 0 radical (unpaired) electrons. The molecule has 1 rings (SSSR count). The summed E-state index contributed by atoms with van der Waals surface area (Å²) in [5.74, 6) is 0.167. The minimum atomic E-state index is -4.64. The van der Waals surface area contributed by atoms with Crippen LogP contribution in [0, 0.1) is 0 Å². The molecule has 16 heavy (non-hydrogen) atoms. The molecule has 0 unspecified atom stereocenters. The fourth-order valence-electron chi connectivity index (χ4n) is 0.619. The van der Waals surface area contributed by atoms with E-state index < -0.39 is 15.6 Å². The van der Waals surface area contributed by atoms with Crippen LogP contribution in [0.15, 0.2) is 30.3 Å². The van der Waals surface area contributed by atoms with Gasteiger partial charge in [-0.1, -0.05) is 18.2 Å². The molecular weight excluding hydrogens is 262 g/mol. The van der Waals surface area contributed by atoms with E-state index in [-0.39, 0.29) is 5.75 Å². The Morgan fingerprint density at radius 1 is 0.875 bits per heavy atom. The number of phosphoric acid groups is 2. The Hall–Kier alpha value is -0.720. The lowest BCUT2D eigenvalue weighted by Crippen LogP contribution is -1.88. The summed E-state index contributed by atoms with van der Waals surface area (Å²) in [6.07, 6.45) is 0. The van der Waals surface area contributed by atoms with Crippen molar-refractivity contribution in [2.24, 2.45) is 0 Å². The molecule has 92 valence electrons. The van der Waals surface area contributed by atoms with Gasteiger partial charge < -0.3 is 19.2 Å². The normalized spacial score (nSPS) is 11.3. The molecule has 0 atom stereocenters. The van der Waals surface area contributed by atoms with Crippen molar-refractivity contribution in [3.05, 3.63) is 30.3 Å². The summed E-state index contributed by atoms with van der Waals surface area (Å²) < 4.78 is 23.4. The van der Waals surface area contributed by atoms with Crippen molar-refractivity contribution < 1.29 is 38.1 Å². The van der Waals surface area contributed by atoms with Crippen LogP contribution in [0.2, 0.25) is 0 Å². The van der Waals surface area contributed by atoms with E-state index in [9.17, 15) is 4.57 Å². The molecule has 1 aromatic rings. The first-order chi connectivity index (χ1) is 7.08. The Morgan fingerprint density at radius 2 is 1.25 bits per heavy atom. The molecule has 0 aromatic heterocycles. The smallest absolute Gasteiger partial charge is 0.404 e. The predicted octanol–water partition coefficient (Wildman–Crippen LogP) is 0.230. The first-order valence-corrected chi connectivity index (χ1v) is 6.76. The molecule has 1 aromatic carbocycles. The zero-order valence-corrected chi connectivity index (χ0v) is 9.53. The highest BCUT2D eigenvalue weighted by Crippen LogP contribution is 2.36. The summed E-state index contributed by atoms with van der Waals surface area (Å²) in [5.41, 5.74) is 0. The van der Waals surface area contributed by atoms with E-state index in [4.69, 9.17) is 29.0 Å². The van der Waals surface area contributed by atoms with Gasteiger partial charge in [0.15, 0.2) is 0 Å². The highest BCUT2D eigenvalue weighted by Gasteiger charge is 2.14. The van der Waals surface area contributed by atoms with E-state index >= 15 is 0 Å². The predicted molar refractivity (Wildman–Crippen MR) is 53.4 cm³/mol. The molecule has 0 amide bonds. The molecule has 0 aliphatic carbocycles. The molecular formula is C6H10O8P2. The monoisotopic (exact) mass is 272 g/mol. The van der Waals surface area contributed by atoms with Gasteiger partial charge in [-0.25, -0.2) is 9.13 Å². The van der Waals surface area contributed by atoms with Crippen molar-refractivity contribution in [3.63, 3.8) is 0 Å². The lowest BCUT2D eigenvalue weighted by molar-refractivity contribution is 0.274. The Morgan fingerprint density at radius 3 is 1.56 bits per heavy atom. The average molecular weight is 272 g/mol. The summed E-state index contributed by atoms with van der Waals surface area (Å²) in [4.78, 5) is 38.3. The number of benzene rings is 1. The summed E-state index contributed by atoms with van der Waals surface area (Å²) in [6.45, 7) is 0. The van der Waals surface area contributed by atoms with Crippen LogP contribution in [0.25, 0.3) is 0 Å². The lowest BCUT2D eigenvalue weighted by atomic mass is 10.3. The zero-order valence-electron chi connectivity index (χ0n) is 7.74. The third-order valence-corrected chi connectivity index (χ3v) is 1.42. The first kappa shape index (κ1) is 15.3. The van der Waals surface area contributed by atoms with E-state index in [1.165, 1.54) is 12.1 Å². The summed E-state index contributed by atoms with van der Waals surface area (Å²) >= 11 is 0. The van der Waals surface area contributed by atoms with E-state index in [2.05, 4.69) is 4.52 Å². The highest BCUT2D eigenvalue weighted by atomic mass is 31.2. The third kappa shape index (κ3) is 13.3. The first-order valence-electron chi connectivity index (χ1n) is 3.66. The van der Waals surface area contributed by atoms with Gasteiger partial charge in [-0.3, -0.25) is 9.79 Å². The quantitative estimate of drug-likeness (QED) is 0.481. The van der Waals surface area contributed by atoms with Gasteiger partial charge in [0.05, 0.1) is 0 Å². The maximum Gasteiger partial charge on any atom is 0.524 e. The van der Waals surface area contributed by atoms with E-state index in [0.29, 0.717) is 0 Å². The fraction of sp³-hybridized carbons (Fsp3) is 0. The molecule has 0 heterocycles. The van der Waals surface area contributed by atoms with Crippen LogP contribution in [0.5, 0.6) is 5.75 Å². The largest absolute Gasteiger partial charge is 0.524 e. The van der Waals surface area contributed by atoms with Gasteiger partial charge in [0.1, 0.15) is 5.75 Å². The number of hydrogen-bond acceptors (Lipinski definition) is 3. The van der Waals surface area contributed by atoms with Crippen LogP contribution in [-0.2, 0) is 9.13 Å². The third-order valence-electron chi connectivity index (χ3n) is 0.968. The van der Waals surface area contributed by atoms with Gasteiger partial charge in [-0.05, 0) is 12.1 Å². The standard InChI is InChI=1S/C6H7O4P.H3O4P/c7-11(8,9)10-6-4-2-1-3-5-6;1-5(2,3)4/h1-5H,(H2,7,8,9);(H3,1,2,3,4). The average Bonchev–Trinajstić information content (AvgIpc) is 1.99. The molecule has 0 aliphatic heterocycles. The molecule has 0 saturated carbocycles. The summed E-state index contributed by atoms with van der Waals surface area (Å²) in [5, 5.41) is 0. The second-order valence-corrected chi connectivity index (χ2v) is 4.60. The molecule has 10 heteroatoms. The molecule has 0 saturated heterocycles. The summed E-state index contributed by atoms with van der Waals surface area (Å²) in [7, 11) is -9.03. The van der Waals surface area contributed by atoms with Crippen LogP contribution in [0.4, 0.5) is 0 Å². The Bertz CT molecular complexity index is 384. The number of rotatable bonds is 2. The van der Waals surface area contributed by atoms with Crippen molar-refractivity contribution in [2.45, 2.75) is 0 Å².